The van der Waals surface area contributed by atoms with Crippen molar-refractivity contribution >= 4 is 37.5 Å². The van der Waals surface area contributed by atoms with Crippen molar-refractivity contribution in [2.24, 2.45) is 0 Å². The predicted octanol–water partition coefficient (Wildman–Crippen LogP) is 4.97. The van der Waals surface area contributed by atoms with E-state index in [0.29, 0.717) is 16.6 Å². The first-order valence-corrected chi connectivity index (χ1v) is 7.97. The highest BCUT2D eigenvalue weighted by Crippen LogP contribution is 2.24. The van der Waals surface area contributed by atoms with Crippen LogP contribution in [-0.4, -0.2) is 4.92 Å². The molecule has 0 aliphatic rings. The third-order valence-electron chi connectivity index (χ3n) is 3.19. The normalized spacial score (nSPS) is 12.1. The van der Waals surface area contributed by atoms with Crippen LogP contribution in [0.25, 0.3) is 0 Å². The van der Waals surface area contributed by atoms with Crippen molar-refractivity contribution in [2.75, 3.05) is 0 Å². The summed E-state index contributed by atoms with van der Waals surface area (Å²) in [5, 5.41) is 14.4. The van der Waals surface area contributed by atoms with Crippen LogP contribution >= 0.6 is 31.9 Å². The first kappa shape index (κ1) is 16.1. The summed E-state index contributed by atoms with van der Waals surface area (Å²) in [7, 11) is 0. The number of nitro groups is 1. The Morgan fingerprint density at radius 3 is 2.57 bits per heavy atom. The SMILES string of the molecule is CC(NCc1ccc(Br)cc1[N+](=O)[O-])c1cccc(Br)c1. The van der Waals surface area contributed by atoms with E-state index in [0.717, 1.165) is 10.0 Å². The van der Waals surface area contributed by atoms with E-state index < -0.39 is 0 Å². The van der Waals surface area contributed by atoms with Crippen LogP contribution in [0.1, 0.15) is 24.1 Å². The topological polar surface area (TPSA) is 55.2 Å². The second-order valence-electron chi connectivity index (χ2n) is 4.69. The Morgan fingerprint density at radius 1 is 1.19 bits per heavy atom. The van der Waals surface area contributed by atoms with Crippen molar-refractivity contribution in [1.29, 1.82) is 0 Å². The summed E-state index contributed by atoms with van der Waals surface area (Å²) >= 11 is 6.70. The zero-order valence-electron chi connectivity index (χ0n) is 11.3. The van der Waals surface area contributed by atoms with Crippen LogP contribution in [0.4, 0.5) is 5.69 Å². The predicted molar refractivity (Wildman–Crippen MR) is 90.2 cm³/mol. The number of nitrogens with zero attached hydrogens (tertiary/aromatic N) is 1. The quantitative estimate of drug-likeness (QED) is 0.556. The van der Waals surface area contributed by atoms with E-state index in [4.69, 9.17) is 0 Å². The standard InChI is InChI=1S/C15H14Br2N2O2/c1-10(11-3-2-4-13(16)7-11)18-9-12-5-6-14(17)8-15(12)19(20)21/h2-8,10,18H,9H2,1H3. The van der Waals surface area contributed by atoms with Crippen LogP contribution in [0, 0.1) is 10.1 Å². The number of benzene rings is 2. The summed E-state index contributed by atoms with van der Waals surface area (Å²) in [4.78, 5) is 10.7. The summed E-state index contributed by atoms with van der Waals surface area (Å²) in [6, 6.07) is 13.2. The molecule has 0 saturated carbocycles. The van der Waals surface area contributed by atoms with Crippen molar-refractivity contribution in [1.82, 2.24) is 5.32 Å². The van der Waals surface area contributed by atoms with Gasteiger partial charge in [-0.05, 0) is 36.8 Å². The van der Waals surface area contributed by atoms with Gasteiger partial charge in [0.2, 0.25) is 0 Å². The van der Waals surface area contributed by atoms with Gasteiger partial charge in [0.1, 0.15) is 0 Å². The van der Waals surface area contributed by atoms with Gasteiger partial charge in [-0.15, -0.1) is 0 Å². The van der Waals surface area contributed by atoms with Gasteiger partial charge in [0.15, 0.2) is 0 Å². The highest BCUT2D eigenvalue weighted by atomic mass is 79.9. The minimum atomic E-state index is -0.356. The summed E-state index contributed by atoms with van der Waals surface area (Å²) in [6.45, 7) is 2.48. The molecule has 2 rings (SSSR count). The smallest absolute Gasteiger partial charge is 0.275 e. The summed E-state index contributed by atoms with van der Waals surface area (Å²) < 4.78 is 1.72. The van der Waals surface area contributed by atoms with E-state index in [2.05, 4.69) is 37.2 Å². The Balaban J connectivity index is 2.11. The lowest BCUT2D eigenvalue weighted by atomic mass is 10.1. The maximum Gasteiger partial charge on any atom is 0.275 e. The van der Waals surface area contributed by atoms with Gasteiger partial charge in [-0.2, -0.15) is 0 Å². The second kappa shape index (κ2) is 7.15. The number of nitrogens with one attached hydrogen (secondary N) is 1. The average Bonchev–Trinajstić information content (AvgIpc) is 2.45. The zero-order valence-corrected chi connectivity index (χ0v) is 14.5. The van der Waals surface area contributed by atoms with Crippen molar-refractivity contribution in [3.05, 3.63) is 72.7 Å². The lowest BCUT2D eigenvalue weighted by Gasteiger charge is -2.14. The van der Waals surface area contributed by atoms with Crippen LogP contribution in [0.2, 0.25) is 0 Å². The molecule has 0 saturated heterocycles. The van der Waals surface area contributed by atoms with E-state index in [-0.39, 0.29) is 16.7 Å². The van der Waals surface area contributed by atoms with Gasteiger partial charge in [0.25, 0.3) is 5.69 Å². The van der Waals surface area contributed by atoms with Crippen LogP contribution in [-0.2, 0) is 6.54 Å². The molecular weight excluding hydrogens is 400 g/mol. The van der Waals surface area contributed by atoms with Crippen molar-refractivity contribution < 1.29 is 4.92 Å². The Bertz CT molecular complexity index is 662. The second-order valence-corrected chi connectivity index (χ2v) is 6.52. The van der Waals surface area contributed by atoms with Crippen LogP contribution in [0.15, 0.2) is 51.4 Å². The molecule has 1 N–H and O–H groups in total. The van der Waals surface area contributed by atoms with Crippen LogP contribution < -0.4 is 5.32 Å². The lowest BCUT2D eigenvalue weighted by molar-refractivity contribution is -0.385. The Kier molecular flexibility index (Phi) is 5.50. The molecular formula is C15H14Br2N2O2. The van der Waals surface area contributed by atoms with E-state index in [9.17, 15) is 10.1 Å². The van der Waals surface area contributed by atoms with Gasteiger partial charge in [0, 0.05) is 33.2 Å². The van der Waals surface area contributed by atoms with E-state index >= 15 is 0 Å². The monoisotopic (exact) mass is 412 g/mol. The minimum absolute atomic E-state index is 0.103. The molecule has 6 heteroatoms. The van der Waals surface area contributed by atoms with Gasteiger partial charge < -0.3 is 5.32 Å². The summed E-state index contributed by atoms with van der Waals surface area (Å²) in [5.74, 6) is 0. The highest BCUT2D eigenvalue weighted by Gasteiger charge is 2.15. The molecule has 0 fully saturated rings. The van der Waals surface area contributed by atoms with Gasteiger partial charge in [-0.3, -0.25) is 10.1 Å². The molecule has 0 radical (unpaired) electrons. The van der Waals surface area contributed by atoms with Crippen molar-refractivity contribution in [3.63, 3.8) is 0 Å². The maximum atomic E-state index is 11.1. The number of nitro benzene ring substituents is 1. The molecule has 0 heterocycles. The first-order valence-electron chi connectivity index (χ1n) is 6.39. The fourth-order valence-corrected chi connectivity index (χ4v) is 2.78. The molecule has 0 aromatic heterocycles. The minimum Gasteiger partial charge on any atom is -0.306 e. The molecule has 1 atom stereocenters. The molecule has 1 unspecified atom stereocenters. The lowest BCUT2D eigenvalue weighted by Crippen LogP contribution is -2.18. The Morgan fingerprint density at radius 2 is 1.90 bits per heavy atom. The Hall–Kier alpha value is -1.24. The fraction of sp³-hybridized carbons (Fsp3) is 0.200. The van der Waals surface area contributed by atoms with Crippen molar-refractivity contribution in [2.45, 2.75) is 19.5 Å². The molecule has 0 bridgehead atoms. The maximum absolute atomic E-state index is 11.1. The highest BCUT2D eigenvalue weighted by molar-refractivity contribution is 9.10. The van der Waals surface area contributed by atoms with Gasteiger partial charge in [-0.25, -0.2) is 0 Å². The molecule has 0 spiro atoms. The number of halogens is 2. The number of rotatable bonds is 5. The summed E-state index contributed by atoms with van der Waals surface area (Å²) in [6.07, 6.45) is 0. The zero-order chi connectivity index (χ0) is 15.4. The molecule has 2 aromatic carbocycles. The van der Waals surface area contributed by atoms with Crippen LogP contribution in [0.5, 0.6) is 0 Å². The van der Waals surface area contributed by atoms with E-state index in [1.165, 1.54) is 6.07 Å². The molecule has 0 aliphatic heterocycles. The molecule has 2 aromatic rings. The van der Waals surface area contributed by atoms with E-state index in [1.54, 1.807) is 6.07 Å². The molecule has 0 aliphatic carbocycles. The largest absolute Gasteiger partial charge is 0.306 e. The fourth-order valence-electron chi connectivity index (χ4n) is 2.01. The summed E-state index contributed by atoms with van der Waals surface area (Å²) in [5.41, 5.74) is 1.92. The van der Waals surface area contributed by atoms with Gasteiger partial charge in [0.05, 0.1) is 4.92 Å². The molecule has 4 nitrogen and oxygen atoms in total. The third-order valence-corrected chi connectivity index (χ3v) is 4.18. The van der Waals surface area contributed by atoms with Crippen LogP contribution in [0.3, 0.4) is 0 Å². The van der Waals surface area contributed by atoms with Crippen molar-refractivity contribution in [3.8, 4) is 0 Å². The number of hydrogen-bond acceptors (Lipinski definition) is 3. The third kappa shape index (κ3) is 4.36. The number of hydrogen-bond donors (Lipinski definition) is 1. The first-order chi connectivity index (χ1) is 9.97. The Labute approximate surface area is 140 Å². The molecule has 0 amide bonds. The molecule has 21 heavy (non-hydrogen) atoms. The van der Waals surface area contributed by atoms with Gasteiger partial charge >= 0.3 is 0 Å². The molecule has 110 valence electrons. The van der Waals surface area contributed by atoms with E-state index in [1.807, 2.05) is 37.3 Å². The average molecular weight is 414 g/mol. The van der Waals surface area contributed by atoms with Gasteiger partial charge in [-0.1, -0.05) is 44.0 Å².